The average molecular weight is 535 g/mol. The van der Waals surface area contributed by atoms with Gasteiger partial charge in [-0.2, -0.15) is 14.6 Å². The molecule has 192 valence electrons. The Kier molecular flexibility index (Phi) is 8.65. The molecule has 36 heavy (non-hydrogen) atoms. The molecule has 14 heteroatoms. The normalized spacial score (nSPS) is 11.9. The highest BCUT2D eigenvalue weighted by Crippen LogP contribution is 2.47. The van der Waals surface area contributed by atoms with E-state index in [1.165, 1.54) is 4.68 Å². The fourth-order valence-electron chi connectivity index (χ4n) is 3.52. The van der Waals surface area contributed by atoms with Crippen LogP contribution >= 0.6 is 19.2 Å². The van der Waals surface area contributed by atoms with Gasteiger partial charge in [-0.3, -0.25) is 4.57 Å². The molecule has 1 aromatic carbocycles. The number of aromatic nitrogens is 7. The lowest BCUT2D eigenvalue weighted by Crippen LogP contribution is -2.11. The SMILES string of the molecule is CCOP(=O)(CCOCCn1cnc2c(NC)nc(-n3cc(-c4cccc(Cl)c4)nn3)nc21)OCC. The predicted octanol–water partition coefficient (Wildman–Crippen LogP) is 4.05. The first-order chi connectivity index (χ1) is 17.5. The molecule has 3 heterocycles. The van der Waals surface area contributed by atoms with Gasteiger partial charge in [-0.05, 0) is 26.0 Å². The molecule has 4 rings (SSSR count). The molecule has 0 amide bonds. The van der Waals surface area contributed by atoms with Gasteiger partial charge in [-0.25, -0.2) is 4.98 Å². The lowest BCUT2D eigenvalue weighted by molar-refractivity contribution is 0.132. The van der Waals surface area contributed by atoms with Crippen LogP contribution in [0.15, 0.2) is 36.8 Å². The maximum atomic E-state index is 12.5. The summed E-state index contributed by atoms with van der Waals surface area (Å²) in [6.07, 6.45) is 3.61. The number of benzene rings is 1. The summed E-state index contributed by atoms with van der Waals surface area (Å²) < 4.78 is 32.2. The number of rotatable bonds is 13. The lowest BCUT2D eigenvalue weighted by atomic mass is 10.2. The zero-order valence-corrected chi connectivity index (χ0v) is 21.9. The fraction of sp³-hybridized carbons (Fsp3) is 0.409. The summed E-state index contributed by atoms with van der Waals surface area (Å²) in [5.41, 5.74) is 2.71. The van der Waals surface area contributed by atoms with Gasteiger partial charge < -0.3 is 23.7 Å². The highest BCUT2D eigenvalue weighted by molar-refractivity contribution is 7.53. The smallest absolute Gasteiger partial charge is 0.332 e. The largest absolute Gasteiger partial charge is 0.379 e. The molecule has 3 aromatic heterocycles. The van der Waals surface area contributed by atoms with Gasteiger partial charge >= 0.3 is 7.60 Å². The first-order valence-electron chi connectivity index (χ1n) is 11.5. The number of halogens is 1. The second kappa shape index (κ2) is 11.9. The van der Waals surface area contributed by atoms with Gasteiger partial charge in [0.15, 0.2) is 17.0 Å². The van der Waals surface area contributed by atoms with Crippen LogP contribution in [0.4, 0.5) is 5.82 Å². The molecule has 4 aromatic rings. The average Bonchev–Trinajstić information content (AvgIpc) is 3.51. The Morgan fingerprint density at radius 3 is 2.67 bits per heavy atom. The number of ether oxygens (including phenoxy) is 1. The number of nitrogens with zero attached hydrogens (tertiary/aromatic N) is 7. The minimum Gasteiger partial charge on any atom is -0.379 e. The minimum atomic E-state index is -3.13. The first kappa shape index (κ1) is 26.2. The Balaban J connectivity index is 1.48. The highest BCUT2D eigenvalue weighted by atomic mass is 35.5. The molecule has 0 aliphatic carbocycles. The molecular formula is C22H28ClN8O4P. The van der Waals surface area contributed by atoms with Crippen molar-refractivity contribution in [2.45, 2.75) is 20.4 Å². The Morgan fingerprint density at radius 2 is 1.94 bits per heavy atom. The van der Waals surface area contributed by atoms with Crippen molar-refractivity contribution in [3.8, 4) is 17.2 Å². The second-order valence-electron chi connectivity index (χ2n) is 7.57. The van der Waals surface area contributed by atoms with Gasteiger partial charge in [0, 0.05) is 24.2 Å². The third-order valence-electron chi connectivity index (χ3n) is 5.15. The van der Waals surface area contributed by atoms with E-state index in [-0.39, 0.29) is 12.8 Å². The maximum Gasteiger partial charge on any atom is 0.332 e. The molecule has 0 aliphatic heterocycles. The monoisotopic (exact) mass is 534 g/mol. The molecule has 0 saturated carbocycles. The predicted molar refractivity (Wildman–Crippen MR) is 137 cm³/mol. The van der Waals surface area contributed by atoms with Gasteiger partial charge in [-0.15, -0.1) is 5.10 Å². The van der Waals surface area contributed by atoms with Crippen LogP contribution in [0.3, 0.4) is 0 Å². The number of fused-ring (bicyclic) bond motifs is 1. The van der Waals surface area contributed by atoms with Crippen molar-refractivity contribution in [3.63, 3.8) is 0 Å². The molecule has 12 nitrogen and oxygen atoms in total. The molecule has 0 saturated heterocycles. The zero-order chi connectivity index (χ0) is 25.5. The molecule has 0 aliphatic rings. The van der Waals surface area contributed by atoms with Crippen LogP contribution in [-0.4, -0.2) is 74.2 Å². The summed E-state index contributed by atoms with van der Waals surface area (Å²) in [7, 11) is -1.36. The van der Waals surface area contributed by atoms with E-state index in [9.17, 15) is 4.57 Å². The molecule has 0 spiro atoms. The van der Waals surface area contributed by atoms with Crippen molar-refractivity contribution in [1.82, 2.24) is 34.5 Å². The first-order valence-corrected chi connectivity index (χ1v) is 13.6. The van der Waals surface area contributed by atoms with Crippen molar-refractivity contribution in [2.75, 3.05) is 45.0 Å². The van der Waals surface area contributed by atoms with E-state index in [0.29, 0.717) is 60.0 Å². The number of imidazole rings is 1. The van der Waals surface area contributed by atoms with E-state index in [4.69, 9.17) is 25.4 Å². The molecule has 0 bridgehead atoms. The third kappa shape index (κ3) is 6.08. The topological polar surface area (TPSA) is 131 Å². The summed E-state index contributed by atoms with van der Waals surface area (Å²) in [6.45, 7) is 5.29. The lowest BCUT2D eigenvalue weighted by Gasteiger charge is -2.16. The van der Waals surface area contributed by atoms with Crippen molar-refractivity contribution < 1.29 is 18.3 Å². The van der Waals surface area contributed by atoms with Gasteiger partial charge in [0.2, 0.25) is 0 Å². The quantitative estimate of drug-likeness (QED) is 0.198. The van der Waals surface area contributed by atoms with Gasteiger partial charge in [0.25, 0.3) is 5.95 Å². The van der Waals surface area contributed by atoms with Crippen LogP contribution in [0.1, 0.15) is 13.8 Å². The number of anilines is 1. The summed E-state index contributed by atoms with van der Waals surface area (Å²) in [4.78, 5) is 13.7. The summed E-state index contributed by atoms with van der Waals surface area (Å²) in [6, 6.07) is 7.37. The maximum absolute atomic E-state index is 12.5. The van der Waals surface area contributed by atoms with Crippen molar-refractivity contribution in [2.24, 2.45) is 0 Å². The summed E-state index contributed by atoms with van der Waals surface area (Å²) in [5, 5.41) is 12.1. The van der Waals surface area contributed by atoms with Crippen LogP contribution in [0.25, 0.3) is 28.4 Å². The minimum absolute atomic E-state index is 0.191. The van der Waals surface area contributed by atoms with E-state index < -0.39 is 7.60 Å². The van der Waals surface area contributed by atoms with E-state index in [0.717, 1.165) is 5.56 Å². The summed E-state index contributed by atoms with van der Waals surface area (Å²) >= 11 is 6.11. The Labute approximate surface area is 213 Å². The molecule has 0 radical (unpaired) electrons. The molecule has 0 fully saturated rings. The van der Waals surface area contributed by atoms with E-state index >= 15 is 0 Å². The van der Waals surface area contributed by atoms with Gasteiger partial charge in [-0.1, -0.05) is 28.9 Å². The second-order valence-corrected chi connectivity index (χ2v) is 10.2. The third-order valence-corrected chi connectivity index (χ3v) is 7.41. The van der Waals surface area contributed by atoms with Gasteiger partial charge in [0.1, 0.15) is 5.69 Å². The Bertz CT molecular complexity index is 1350. The Morgan fingerprint density at radius 1 is 1.14 bits per heavy atom. The van der Waals surface area contributed by atoms with Crippen LogP contribution in [0, 0.1) is 0 Å². The Hall–Kier alpha value is -2.89. The van der Waals surface area contributed by atoms with E-state index in [1.54, 1.807) is 39.5 Å². The van der Waals surface area contributed by atoms with E-state index in [2.05, 4.69) is 30.6 Å². The van der Waals surface area contributed by atoms with Gasteiger partial charge in [0.05, 0.1) is 45.1 Å². The molecule has 0 atom stereocenters. The van der Waals surface area contributed by atoms with Crippen LogP contribution in [0.5, 0.6) is 0 Å². The number of nitrogens with one attached hydrogen (secondary N) is 1. The molecule has 1 N–H and O–H groups in total. The standard InChI is InChI=1S/C22H28ClN8O4P/c1-4-34-36(32,35-5-2)12-11-33-10-9-30-15-25-19-20(24-3)26-22(27-21(19)30)31-14-18(28-29-31)16-7-6-8-17(23)13-16/h6-8,13-15H,4-5,9-12H2,1-3H3,(H,24,26,27). The number of hydrogen-bond acceptors (Lipinski definition) is 10. The van der Waals surface area contributed by atoms with Crippen LogP contribution < -0.4 is 5.32 Å². The highest BCUT2D eigenvalue weighted by Gasteiger charge is 2.23. The van der Waals surface area contributed by atoms with Crippen molar-refractivity contribution >= 4 is 36.2 Å². The molecule has 0 unspecified atom stereocenters. The van der Waals surface area contributed by atoms with Crippen LogP contribution in [0.2, 0.25) is 5.02 Å². The molecular weight excluding hydrogens is 507 g/mol. The van der Waals surface area contributed by atoms with Crippen LogP contribution in [-0.2, 0) is 24.9 Å². The summed E-state index contributed by atoms with van der Waals surface area (Å²) in [5.74, 6) is 0.897. The van der Waals surface area contributed by atoms with E-state index in [1.807, 2.05) is 22.8 Å². The zero-order valence-electron chi connectivity index (χ0n) is 20.3. The number of hydrogen-bond donors (Lipinski definition) is 1. The fourth-order valence-corrected chi connectivity index (χ4v) is 5.18. The van der Waals surface area contributed by atoms with Crippen molar-refractivity contribution in [3.05, 3.63) is 41.8 Å². The van der Waals surface area contributed by atoms with Crippen molar-refractivity contribution in [1.29, 1.82) is 0 Å².